The second-order valence-electron chi connectivity index (χ2n) is 6.42. The molecule has 0 aliphatic carbocycles. The molecule has 0 unspecified atom stereocenters. The topological polar surface area (TPSA) is 82.1 Å². The minimum atomic E-state index is -4.04. The number of fused-ring (bicyclic) bond motifs is 2. The van der Waals surface area contributed by atoms with Crippen molar-refractivity contribution in [1.29, 1.82) is 0 Å². The van der Waals surface area contributed by atoms with Gasteiger partial charge in [0.25, 0.3) is 10.0 Å². The zero-order chi connectivity index (χ0) is 20.4. The molecule has 3 aromatic carbocycles. The van der Waals surface area contributed by atoms with Crippen molar-refractivity contribution in [3.63, 3.8) is 0 Å². The van der Waals surface area contributed by atoms with E-state index >= 15 is 0 Å². The lowest BCUT2D eigenvalue weighted by molar-refractivity contribution is -0.138. The van der Waals surface area contributed by atoms with Crippen LogP contribution < -0.4 is 13.8 Å². The number of methoxy groups -OCH3 is 1. The maximum Gasteiger partial charge on any atom is 0.326 e. The molecule has 29 heavy (non-hydrogen) atoms. The highest BCUT2D eigenvalue weighted by atomic mass is 32.2. The van der Waals surface area contributed by atoms with Gasteiger partial charge in [-0.2, -0.15) is 0 Å². The number of rotatable bonds is 5. The van der Waals surface area contributed by atoms with Crippen LogP contribution in [0.2, 0.25) is 0 Å². The third-order valence-corrected chi connectivity index (χ3v) is 6.39. The highest BCUT2D eigenvalue weighted by Gasteiger charge is 2.29. The number of sulfonamides is 1. The van der Waals surface area contributed by atoms with Gasteiger partial charge in [0.1, 0.15) is 19.8 Å². The summed E-state index contributed by atoms with van der Waals surface area (Å²) in [6.45, 7) is 0.323. The minimum Gasteiger partial charge on any atom is -0.486 e. The number of carbonyl (C=O) groups is 1. The second-order valence-corrected chi connectivity index (χ2v) is 8.29. The van der Waals surface area contributed by atoms with Crippen LogP contribution in [0.1, 0.15) is 0 Å². The summed E-state index contributed by atoms with van der Waals surface area (Å²) < 4.78 is 43.7. The van der Waals surface area contributed by atoms with Gasteiger partial charge in [-0.05, 0) is 35.0 Å². The van der Waals surface area contributed by atoms with E-state index in [1.54, 1.807) is 30.3 Å². The number of esters is 1. The van der Waals surface area contributed by atoms with Gasteiger partial charge < -0.3 is 14.2 Å². The van der Waals surface area contributed by atoms with Crippen LogP contribution in [0.5, 0.6) is 11.5 Å². The number of benzene rings is 3. The maximum atomic E-state index is 13.4. The first kappa shape index (κ1) is 19.1. The lowest BCUT2D eigenvalue weighted by atomic mass is 10.1. The minimum absolute atomic E-state index is 0.0787. The molecule has 3 aromatic rings. The summed E-state index contributed by atoms with van der Waals surface area (Å²) in [5.41, 5.74) is 0.285. The summed E-state index contributed by atoms with van der Waals surface area (Å²) in [7, 11) is -2.83. The molecule has 0 saturated heterocycles. The number of ether oxygens (including phenoxy) is 3. The van der Waals surface area contributed by atoms with Crippen molar-refractivity contribution < 1.29 is 27.4 Å². The van der Waals surface area contributed by atoms with Crippen molar-refractivity contribution in [2.24, 2.45) is 0 Å². The van der Waals surface area contributed by atoms with Gasteiger partial charge in [0, 0.05) is 6.07 Å². The van der Waals surface area contributed by atoms with E-state index in [1.807, 2.05) is 24.3 Å². The van der Waals surface area contributed by atoms with Crippen LogP contribution in [0.4, 0.5) is 5.69 Å². The average molecular weight is 413 g/mol. The van der Waals surface area contributed by atoms with Crippen molar-refractivity contribution in [1.82, 2.24) is 0 Å². The first-order chi connectivity index (χ1) is 14.0. The van der Waals surface area contributed by atoms with Crippen LogP contribution >= 0.6 is 0 Å². The number of carbonyl (C=O) groups excluding carboxylic acids is 1. The molecule has 1 heterocycles. The molecule has 0 N–H and O–H groups in total. The molecule has 7 nitrogen and oxygen atoms in total. The highest BCUT2D eigenvalue weighted by molar-refractivity contribution is 7.92. The highest BCUT2D eigenvalue weighted by Crippen LogP contribution is 2.36. The van der Waals surface area contributed by atoms with E-state index in [0.29, 0.717) is 24.7 Å². The standard InChI is InChI=1S/C21H19NO6S/c1-26-21(23)14-22(17-7-9-19-20(13-17)28-11-10-27-19)29(24,25)18-8-6-15-4-2-3-5-16(15)12-18/h2-9,12-13H,10-11,14H2,1H3. The summed E-state index contributed by atoms with van der Waals surface area (Å²) in [6.07, 6.45) is 0. The smallest absolute Gasteiger partial charge is 0.326 e. The maximum absolute atomic E-state index is 13.4. The van der Waals surface area contributed by atoms with Gasteiger partial charge in [-0.1, -0.05) is 30.3 Å². The van der Waals surface area contributed by atoms with E-state index in [-0.39, 0.29) is 10.6 Å². The van der Waals surface area contributed by atoms with E-state index in [1.165, 1.54) is 13.2 Å². The molecule has 4 rings (SSSR count). The van der Waals surface area contributed by atoms with Gasteiger partial charge in [-0.25, -0.2) is 8.42 Å². The Morgan fingerprint density at radius 3 is 2.45 bits per heavy atom. The largest absolute Gasteiger partial charge is 0.486 e. The Balaban J connectivity index is 1.80. The van der Waals surface area contributed by atoms with E-state index in [9.17, 15) is 13.2 Å². The molecule has 8 heteroatoms. The zero-order valence-corrected chi connectivity index (χ0v) is 16.5. The van der Waals surface area contributed by atoms with E-state index in [4.69, 9.17) is 14.2 Å². The molecule has 1 aliphatic rings. The Morgan fingerprint density at radius 2 is 1.69 bits per heavy atom. The van der Waals surface area contributed by atoms with Crippen LogP contribution in [-0.4, -0.2) is 41.3 Å². The molecule has 0 saturated carbocycles. The van der Waals surface area contributed by atoms with Crippen molar-refractivity contribution in [3.8, 4) is 11.5 Å². The van der Waals surface area contributed by atoms with E-state index < -0.39 is 22.5 Å². The normalized spacial score (nSPS) is 13.1. The fourth-order valence-corrected chi connectivity index (χ4v) is 4.58. The molecule has 1 aliphatic heterocycles. The third kappa shape index (κ3) is 3.71. The molecular formula is C21H19NO6S. The molecule has 0 fully saturated rings. The van der Waals surface area contributed by atoms with Gasteiger partial charge in [0.15, 0.2) is 11.5 Å². The van der Waals surface area contributed by atoms with Gasteiger partial charge in [-0.3, -0.25) is 9.10 Å². The fourth-order valence-electron chi connectivity index (χ4n) is 3.14. The Labute approximate surface area is 168 Å². The van der Waals surface area contributed by atoms with Gasteiger partial charge in [0.2, 0.25) is 0 Å². The quantitative estimate of drug-likeness (QED) is 0.598. The summed E-state index contributed by atoms with van der Waals surface area (Å²) in [5, 5.41) is 1.71. The molecular weight excluding hydrogens is 394 g/mol. The number of hydrogen-bond acceptors (Lipinski definition) is 6. The van der Waals surface area contributed by atoms with E-state index in [2.05, 4.69) is 0 Å². The second kappa shape index (κ2) is 7.63. The summed E-state index contributed by atoms with van der Waals surface area (Å²) in [4.78, 5) is 12.1. The van der Waals surface area contributed by atoms with Crippen LogP contribution in [0.15, 0.2) is 65.6 Å². The number of hydrogen-bond donors (Lipinski definition) is 0. The van der Waals surface area contributed by atoms with Crippen LogP contribution in [-0.2, 0) is 19.6 Å². The van der Waals surface area contributed by atoms with Crippen LogP contribution in [0.3, 0.4) is 0 Å². The fraction of sp³-hybridized carbons (Fsp3) is 0.190. The predicted octanol–water partition coefficient (Wildman–Crippen LogP) is 2.98. The molecule has 0 atom stereocenters. The first-order valence-electron chi connectivity index (χ1n) is 8.97. The summed E-state index contributed by atoms with van der Waals surface area (Å²) in [6, 6.07) is 17.1. The van der Waals surface area contributed by atoms with Gasteiger partial charge >= 0.3 is 5.97 Å². The van der Waals surface area contributed by atoms with Gasteiger partial charge in [-0.15, -0.1) is 0 Å². The average Bonchev–Trinajstić information content (AvgIpc) is 2.76. The van der Waals surface area contributed by atoms with Gasteiger partial charge in [0.05, 0.1) is 17.7 Å². The molecule has 0 radical (unpaired) electrons. The molecule has 0 amide bonds. The Bertz CT molecular complexity index is 1170. The van der Waals surface area contributed by atoms with Crippen molar-refractivity contribution >= 4 is 32.5 Å². The lowest BCUT2D eigenvalue weighted by Gasteiger charge is -2.25. The Morgan fingerprint density at radius 1 is 0.966 bits per heavy atom. The Hall–Kier alpha value is -3.26. The summed E-state index contributed by atoms with van der Waals surface area (Å²) in [5.74, 6) is 0.280. The summed E-state index contributed by atoms with van der Waals surface area (Å²) >= 11 is 0. The van der Waals surface area contributed by atoms with Crippen molar-refractivity contribution in [2.45, 2.75) is 4.90 Å². The Kier molecular flexibility index (Phi) is 5.02. The first-order valence-corrected chi connectivity index (χ1v) is 10.4. The lowest BCUT2D eigenvalue weighted by Crippen LogP contribution is -2.36. The van der Waals surface area contributed by atoms with E-state index in [0.717, 1.165) is 15.1 Å². The van der Waals surface area contributed by atoms with Crippen molar-refractivity contribution in [3.05, 3.63) is 60.7 Å². The number of anilines is 1. The van der Waals surface area contributed by atoms with Crippen molar-refractivity contribution in [2.75, 3.05) is 31.2 Å². The molecule has 0 aromatic heterocycles. The zero-order valence-electron chi connectivity index (χ0n) is 15.7. The SMILES string of the molecule is COC(=O)CN(c1ccc2c(c1)OCCO2)S(=O)(=O)c1ccc2ccccc2c1. The van der Waals surface area contributed by atoms with Crippen LogP contribution in [0.25, 0.3) is 10.8 Å². The monoisotopic (exact) mass is 413 g/mol. The number of nitrogens with zero attached hydrogens (tertiary/aromatic N) is 1. The van der Waals surface area contributed by atoms with Crippen LogP contribution in [0, 0.1) is 0 Å². The predicted molar refractivity (Wildman–Crippen MR) is 108 cm³/mol. The third-order valence-electron chi connectivity index (χ3n) is 4.62. The molecule has 150 valence electrons. The molecule has 0 bridgehead atoms. The molecule has 0 spiro atoms.